The molecule has 0 unspecified atom stereocenters. The van der Waals surface area contributed by atoms with Crippen molar-refractivity contribution in [2.24, 2.45) is 11.1 Å². The third-order valence-electron chi connectivity index (χ3n) is 3.32. The van der Waals surface area contributed by atoms with Crippen LogP contribution in [0.1, 0.15) is 32.1 Å². The molecular formula is C10H18N4S. The van der Waals surface area contributed by atoms with Crippen LogP contribution in [0.4, 0.5) is 5.13 Å². The van der Waals surface area contributed by atoms with Crippen LogP contribution in [0.15, 0.2) is 6.33 Å². The summed E-state index contributed by atoms with van der Waals surface area (Å²) >= 11 is 1.41. The molecule has 0 spiro atoms. The topological polar surface area (TPSA) is 63.8 Å². The van der Waals surface area contributed by atoms with Gasteiger partial charge in [-0.3, -0.25) is 0 Å². The summed E-state index contributed by atoms with van der Waals surface area (Å²) in [7, 11) is 0. The summed E-state index contributed by atoms with van der Waals surface area (Å²) in [4.78, 5) is 4.12. The Morgan fingerprint density at radius 3 is 2.80 bits per heavy atom. The minimum atomic E-state index is 0.296. The van der Waals surface area contributed by atoms with E-state index in [1.807, 2.05) is 0 Å². The molecule has 84 valence electrons. The van der Waals surface area contributed by atoms with Crippen molar-refractivity contribution in [3.8, 4) is 0 Å². The maximum Gasteiger partial charge on any atom is 0.202 e. The van der Waals surface area contributed by atoms with Gasteiger partial charge >= 0.3 is 0 Å². The van der Waals surface area contributed by atoms with Crippen LogP contribution < -0.4 is 11.1 Å². The van der Waals surface area contributed by atoms with Crippen molar-refractivity contribution in [3.05, 3.63) is 6.33 Å². The van der Waals surface area contributed by atoms with E-state index in [-0.39, 0.29) is 0 Å². The van der Waals surface area contributed by atoms with Gasteiger partial charge in [0.25, 0.3) is 0 Å². The summed E-state index contributed by atoms with van der Waals surface area (Å²) in [6, 6.07) is 0. The van der Waals surface area contributed by atoms with E-state index in [9.17, 15) is 0 Å². The van der Waals surface area contributed by atoms with Gasteiger partial charge in [-0.1, -0.05) is 19.3 Å². The van der Waals surface area contributed by atoms with Gasteiger partial charge in [-0.15, -0.1) is 0 Å². The van der Waals surface area contributed by atoms with E-state index in [1.54, 1.807) is 6.33 Å². The number of hydrogen-bond acceptors (Lipinski definition) is 5. The average Bonchev–Trinajstić information content (AvgIpc) is 2.81. The molecule has 0 radical (unpaired) electrons. The highest BCUT2D eigenvalue weighted by atomic mass is 32.1. The van der Waals surface area contributed by atoms with Crippen LogP contribution in [-0.4, -0.2) is 22.4 Å². The number of anilines is 1. The SMILES string of the molecule is NCC1(CNc2ncns2)CCCCC1. The summed E-state index contributed by atoms with van der Waals surface area (Å²) in [6.45, 7) is 1.72. The molecule has 5 heteroatoms. The molecular weight excluding hydrogens is 208 g/mol. The molecule has 1 aliphatic rings. The zero-order valence-electron chi connectivity index (χ0n) is 8.91. The fourth-order valence-corrected chi connectivity index (χ4v) is 2.69. The number of aromatic nitrogens is 2. The Labute approximate surface area is 94.5 Å². The molecule has 0 saturated heterocycles. The largest absolute Gasteiger partial charge is 0.360 e. The summed E-state index contributed by atoms with van der Waals surface area (Å²) in [5.41, 5.74) is 6.20. The van der Waals surface area contributed by atoms with Gasteiger partial charge in [0.1, 0.15) is 6.33 Å². The molecule has 1 fully saturated rings. The maximum absolute atomic E-state index is 5.91. The van der Waals surface area contributed by atoms with E-state index < -0.39 is 0 Å². The standard InChI is InChI=1S/C10H18N4S/c11-6-10(4-2-1-3-5-10)7-12-9-13-8-14-15-9/h8H,1-7,11H2,(H,12,13,14). The quantitative estimate of drug-likeness (QED) is 0.822. The van der Waals surface area contributed by atoms with Crippen molar-refractivity contribution in [1.29, 1.82) is 0 Å². The lowest BCUT2D eigenvalue weighted by Crippen LogP contribution is -2.39. The van der Waals surface area contributed by atoms with E-state index in [2.05, 4.69) is 14.7 Å². The van der Waals surface area contributed by atoms with Gasteiger partial charge in [-0.05, 0) is 24.8 Å². The lowest BCUT2D eigenvalue weighted by atomic mass is 9.74. The van der Waals surface area contributed by atoms with Crippen LogP contribution in [-0.2, 0) is 0 Å². The number of nitrogens with zero attached hydrogens (tertiary/aromatic N) is 2. The molecule has 1 aliphatic carbocycles. The zero-order valence-corrected chi connectivity index (χ0v) is 9.72. The lowest BCUT2D eigenvalue weighted by Gasteiger charge is -2.36. The van der Waals surface area contributed by atoms with Crippen molar-refractivity contribution in [1.82, 2.24) is 9.36 Å². The molecule has 4 nitrogen and oxygen atoms in total. The first kappa shape index (κ1) is 10.8. The van der Waals surface area contributed by atoms with Crippen LogP contribution in [0.3, 0.4) is 0 Å². The van der Waals surface area contributed by atoms with Crippen molar-refractivity contribution in [3.63, 3.8) is 0 Å². The molecule has 0 atom stereocenters. The Hall–Kier alpha value is -0.680. The van der Waals surface area contributed by atoms with Gasteiger partial charge < -0.3 is 11.1 Å². The summed E-state index contributed by atoms with van der Waals surface area (Å²) in [5, 5.41) is 4.26. The Kier molecular flexibility index (Phi) is 3.53. The molecule has 0 bridgehead atoms. The number of nitrogens with two attached hydrogens (primary N) is 1. The van der Waals surface area contributed by atoms with E-state index in [4.69, 9.17) is 5.73 Å². The first-order chi connectivity index (χ1) is 7.35. The molecule has 1 aromatic heterocycles. The molecule has 3 N–H and O–H groups in total. The summed E-state index contributed by atoms with van der Waals surface area (Å²) < 4.78 is 3.97. The molecule has 0 aromatic carbocycles. The van der Waals surface area contributed by atoms with E-state index in [0.717, 1.165) is 18.2 Å². The third kappa shape index (κ3) is 2.66. The van der Waals surface area contributed by atoms with Crippen LogP contribution in [0.5, 0.6) is 0 Å². The van der Waals surface area contributed by atoms with Crippen LogP contribution in [0, 0.1) is 5.41 Å². The monoisotopic (exact) mass is 226 g/mol. The van der Waals surface area contributed by atoms with Crippen LogP contribution >= 0.6 is 11.5 Å². The predicted molar refractivity (Wildman–Crippen MR) is 63.0 cm³/mol. The minimum Gasteiger partial charge on any atom is -0.360 e. The first-order valence-corrected chi connectivity index (χ1v) is 6.33. The van der Waals surface area contributed by atoms with E-state index in [1.165, 1.54) is 43.6 Å². The fraction of sp³-hybridized carbons (Fsp3) is 0.800. The average molecular weight is 226 g/mol. The Bertz CT molecular complexity index is 280. The molecule has 1 saturated carbocycles. The first-order valence-electron chi connectivity index (χ1n) is 5.55. The van der Waals surface area contributed by atoms with E-state index in [0.29, 0.717) is 5.41 Å². The Balaban J connectivity index is 1.89. The third-order valence-corrected chi connectivity index (χ3v) is 3.95. The molecule has 1 aromatic rings. The smallest absolute Gasteiger partial charge is 0.202 e. The van der Waals surface area contributed by atoms with Crippen molar-refractivity contribution in [2.75, 3.05) is 18.4 Å². The van der Waals surface area contributed by atoms with Gasteiger partial charge in [0.15, 0.2) is 0 Å². The van der Waals surface area contributed by atoms with Gasteiger partial charge in [0.05, 0.1) is 0 Å². The number of rotatable bonds is 4. The second-order valence-electron chi connectivity index (χ2n) is 4.36. The van der Waals surface area contributed by atoms with Crippen LogP contribution in [0.2, 0.25) is 0 Å². The van der Waals surface area contributed by atoms with Gasteiger partial charge in [-0.2, -0.15) is 4.37 Å². The summed E-state index contributed by atoms with van der Waals surface area (Å²) in [5.74, 6) is 0. The second-order valence-corrected chi connectivity index (χ2v) is 5.14. The highest BCUT2D eigenvalue weighted by Crippen LogP contribution is 2.35. The molecule has 2 rings (SSSR count). The maximum atomic E-state index is 5.91. The number of hydrogen-bond donors (Lipinski definition) is 2. The Morgan fingerprint density at radius 1 is 1.40 bits per heavy atom. The molecule has 15 heavy (non-hydrogen) atoms. The lowest BCUT2D eigenvalue weighted by molar-refractivity contribution is 0.215. The Morgan fingerprint density at radius 2 is 2.20 bits per heavy atom. The normalized spacial score (nSPS) is 20.1. The summed E-state index contributed by atoms with van der Waals surface area (Å²) in [6.07, 6.45) is 8.07. The molecule has 0 aliphatic heterocycles. The van der Waals surface area contributed by atoms with Crippen molar-refractivity contribution >= 4 is 16.7 Å². The second kappa shape index (κ2) is 4.90. The van der Waals surface area contributed by atoms with E-state index >= 15 is 0 Å². The van der Waals surface area contributed by atoms with Gasteiger partial charge in [-0.25, -0.2) is 4.98 Å². The number of nitrogens with one attached hydrogen (secondary N) is 1. The van der Waals surface area contributed by atoms with Crippen molar-refractivity contribution in [2.45, 2.75) is 32.1 Å². The van der Waals surface area contributed by atoms with Gasteiger partial charge in [0, 0.05) is 18.1 Å². The highest BCUT2D eigenvalue weighted by Gasteiger charge is 2.30. The minimum absolute atomic E-state index is 0.296. The molecule has 0 amide bonds. The fourth-order valence-electron chi connectivity index (χ4n) is 2.27. The molecule has 1 heterocycles. The van der Waals surface area contributed by atoms with Crippen molar-refractivity contribution < 1.29 is 0 Å². The van der Waals surface area contributed by atoms with Gasteiger partial charge in [0.2, 0.25) is 5.13 Å². The zero-order chi connectivity index (χ0) is 10.6. The highest BCUT2D eigenvalue weighted by molar-refractivity contribution is 7.09. The predicted octanol–water partition coefficient (Wildman–Crippen LogP) is 1.86. The van der Waals surface area contributed by atoms with Crippen LogP contribution in [0.25, 0.3) is 0 Å².